The molecule has 0 amide bonds. The summed E-state index contributed by atoms with van der Waals surface area (Å²) in [5.74, 6) is 0.389. The van der Waals surface area contributed by atoms with E-state index in [0.29, 0.717) is 62.9 Å². The number of para-hydroxylation sites is 2. The van der Waals surface area contributed by atoms with Gasteiger partial charge in [0.15, 0.2) is 17.9 Å². The number of ketones is 2. The molecule has 6 rings (SSSR count). The molecule has 1 unspecified atom stereocenters. The number of aliphatic hydroxyl groups is 1. The number of aromatic nitrogens is 2. The second-order valence-corrected chi connectivity index (χ2v) is 13.0. The van der Waals surface area contributed by atoms with Crippen LogP contribution in [-0.4, -0.2) is 43.1 Å². The summed E-state index contributed by atoms with van der Waals surface area (Å²) in [6, 6.07) is 21.0. The van der Waals surface area contributed by atoms with E-state index >= 15 is 0 Å². The van der Waals surface area contributed by atoms with Gasteiger partial charge in [0.2, 0.25) is 0 Å². The van der Waals surface area contributed by atoms with Crippen molar-refractivity contribution in [1.82, 2.24) is 9.97 Å². The van der Waals surface area contributed by atoms with Gasteiger partial charge in [-0.15, -0.1) is 0 Å². The molecule has 2 heterocycles. The van der Waals surface area contributed by atoms with E-state index in [1.54, 1.807) is 61.7 Å². The van der Waals surface area contributed by atoms with Crippen molar-refractivity contribution in [3.63, 3.8) is 0 Å². The number of nitrogens with one attached hydrogen (secondary N) is 2. The highest BCUT2D eigenvalue weighted by molar-refractivity contribution is 6.11. The fourth-order valence-electron chi connectivity index (χ4n) is 6.19. The molecule has 0 saturated carbocycles. The number of benzene rings is 4. The summed E-state index contributed by atoms with van der Waals surface area (Å²) in [4.78, 5) is 45.5. The minimum absolute atomic E-state index is 0.00247. The van der Waals surface area contributed by atoms with Crippen LogP contribution in [0, 0.1) is 13.8 Å². The molecule has 1 atom stereocenters. The number of fused-ring (bicyclic) bond motifs is 2. The van der Waals surface area contributed by atoms with Crippen molar-refractivity contribution in [3.05, 3.63) is 119 Å². The number of anilines is 4. The number of carbonyl (C=O) groups excluding carboxylic acids is 3. The average molecular weight is 713 g/mol. The van der Waals surface area contributed by atoms with Gasteiger partial charge < -0.3 is 26.0 Å². The van der Waals surface area contributed by atoms with Crippen molar-refractivity contribution < 1.29 is 29.7 Å². The molecule has 0 aliphatic carbocycles. The first-order valence-electron chi connectivity index (χ1n) is 17.6. The van der Waals surface area contributed by atoms with Crippen LogP contribution in [-0.2, 0) is 0 Å². The Kier molecular flexibility index (Phi) is 12.2. The van der Waals surface area contributed by atoms with Gasteiger partial charge in [0, 0.05) is 58.5 Å². The van der Waals surface area contributed by atoms with Gasteiger partial charge in [-0.1, -0.05) is 44.2 Å². The third kappa shape index (κ3) is 8.51. The fraction of sp³-hybridized carbons (Fsp3) is 0.233. The van der Waals surface area contributed by atoms with Crippen molar-refractivity contribution in [2.24, 2.45) is 0 Å². The molecule has 0 aliphatic rings. The maximum absolute atomic E-state index is 12.7. The molecule has 0 saturated heterocycles. The summed E-state index contributed by atoms with van der Waals surface area (Å²) < 4.78 is 0. The molecule has 4 aromatic carbocycles. The van der Waals surface area contributed by atoms with Crippen molar-refractivity contribution >= 4 is 62.4 Å². The number of nitrogens with zero attached hydrogens (tertiary/aromatic N) is 2. The number of aromatic hydroxyl groups is 2. The molecule has 2 aromatic heterocycles. The lowest BCUT2D eigenvalue weighted by atomic mass is 9.99. The Hall–Kier alpha value is -6.13. The molecule has 10 heteroatoms. The van der Waals surface area contributed by atoms with Crippen LogP contribution in [0.5, 0.6) is 11.5 Å². The standard InChI is InChI=1S/C22H24N2O3.C21H20N2O3/c1-4-6-20(27)18-12-23-21-16(14(3)25)7-5-8-17(21)22(18)24-19-10-9-15(26)11-13(19)2;1-3-5-19(26)17-11-22-20-14(12-24)6-4-7-16(20)21(17)23-18-9-8-15(25)10-13(18)2/h5,7-12,14,25-26H,4,6H2,1-3H3,(H,23,24);4,6-12,25H,3,5H2,1-2H3,(H,22,23). The molecular formula is C43H44N4O6. The van der Waals surface area contributed by atoms with Crippen molar-refractivity contribution in [2.45, 2.75) is 66.4 Å². The molecule has 53 heavy (non-hydrogen) atoms. The summed E-state index contributed by atoms with van der Waals surface area (Å²) >= 11 is 0. The van der Waals surface area contributed by atoms with Crippen LogP contribution in [0.15, 0.2) is 85.2 Å². The van der Waals surface area contributed by atoms with Gasteiger partial charge in [0.25, 0.3) is 0 Å². The SMILES string of the molecule is CCCC(=O)c1cnc2c(C(C)O)cccc2c1Nc1ccc(O)cc1C.CCCC(=O)c1cnc2c(C=O)cccc2c1Nc1ccc(O)cc1C. The summed E-state index contributed by atoms with van der Waals surface area (Å²) in [6.07, 6.45) is 5.57. The lowest BCUT2D eigenvalue weighted by Gasteiger charge is -2.17. The lowest BCUT2D eigenvalue weighted by molar-refractivity contribution is 0.0974. The monoisotopic (exact) mass is 712 g/mol. The maximum atomic E-state index is 12.7. The Morgan fingerprint density at radius 3 is 1.64 bits per heavy atom. The van der Waals surface area contributed by atoms with Gasteiger partial charge in [0.05, 0.1) is 39.6 Å². The van der Waals surface area contributed by atoms with E-state index in [9.17, 15) is 29.7 Å². The first-order valence-corrected chi connectivity index (χ1v) is 17.6. The molecule has 0 radical (unpaired) electrons. The Balaban J connectivity index is 0.000000204. The number of carbonyl (C=O) groups is 3. The molecule has 272 valence electrons. The normalized spacial score (nSPS) is 11.4. The smallest absolute Gasteiger partial charge is 0.166 e. The van der Waals surface area contributed by atoms with Gasteiger partial charge in [-0.3, -0.25) is 24.4 Å². The Morgan fingerprint density at radius 1 is 0.717 bits per heavy atom. The second kappa shape index (κ2) is 16.9. The van der Waals surface area contributed by atoms with E-state index in [2.05, 4.69) is 20.6 Å². The number of rotatable bonds is 12. The van der Waals surface area contributed by atoms with E-state index in [1.165, 1.54) is 6.20 Å². The Morgan fingerprint density at radius 2 is 1.19 bits per heavy atom. The number of phenolic OH excluding ortho intramolecular Hbond substituents is 2. The Bertz CT molecular complexity index is 2320. The number of aryl methyl sites for hydroxylation is 2. The van der Waals surface area contributed by atoms with Crippen LogP contribution in [0.1, 0.15) is 100 Å². The van der Waals surface area contributed by atoms with Gasteiger partial charge in [-0.2, -0.15) is 0 Å². The van der Waals surface area contributed by atoms with Gasteiger partial charge >= 0.3 is 0 Å². The van der Waals surface area contributed by atoms with E-state index in [-0.39, 0.29) is 23.1 Å². The molecular weight excluding hydrogens is 668 g/mol. The molecule has 5 N–H and O–H groups in total. The number of pyridine rings is 2. The van der Waals surface area contributed by atoms with Crippen LogP contribution in [0.25, 0.3) is 21.8 Å². The largest absolute Gasteiger partial charge is 0.508 e. The number of phenols is 2. The highest BCUT2D eigenvalue weighted by Gasteiger charge is 2.20. The topological polar surface area (TPSA) is 162 Å². The molecule has 0 bridgehead atoms. The molecule has 0 aliphatic heterocycles. The molecule has 6 aromatic rings. The van der Waals surface area contributed by atoms with E-state index < -0.39 is 6.10 Å². The van der Waals surface area contributed by atoms with Crippen molar-refractivity contribution in [1.29, 1.82) is 0 Å². The first-order chi connectivity index (χ1) is 25.5. The zero-order valence-corrected chi connectivity index (χ0v) is 30.5. The second-order valence-electron chi connectivity index (χ2n) is 13.0. The predicted octanol–water partition coefficient (Wildman–Crippen LogP) is 9.82. The van der Waals surface area contributed by atoms with Gasteiger partial charge in [-0.25, -0.2) is 0 Å². The maximum Gasteiger partial charge on any atom is 0.166 e. The molecule has 0 fully saturated rings. The van der Waals surface area contributed by atoms with Crippen LogP contribution >= 0.6 is 0 Å². The first kappa shape index (κ1) is 38.1. The fourth-order valence-corrected chi connectivity index (χ4v) is 6.19. The highest BCUT2D eigenvalue weighted by atomic mass is 16.3. The predicted molar refractivity (Wildman–Crippen MR) is 210 cm³/mol. The van der Waals surface area contributed by atoms with E-state index in [0.717, 1.165) is 47.0 Å². The number of hydrogen-bond acceptors (Lipinski definition) is 10. The summed E-state index contributed by atoms with van der Waals surface area (Å²) in [5, 5.41) is 37.5. The van der Waals surface area contributed by atoms with Gasteiger partial charge in [-0.05, 0) is 87.2 Å². The summed E-state index contributed by atoms with van der Waals surface area (Å²) in [5.41, 5.74) is 8.01. The lowest BCUT2D eigenvalue weighted by Crippen LogP contribution is -2.07. The minimum atomic E-state index is -0.665. The average Bonchev–Trinajstić information content (AvgIpc) is 3.13. The third-order valence-electron chi connectivity index (χ3n) is 8.93. The summed E-state index contributed by atoms with van der Waals surface area (Å²) in [6.45, 7) is 9.38. The molecule has 0 spiro atoms. The highest BCUT2D eigenvalue weighted by Crippen LogP contribution is 2.36. The summed E-state index contributed by atoms with van der Waals surface area (Å²) in [7, 11) is 0. The number of hydrogen-bond donors (Lipinski definition) is 5. The van der Waals surface area contributed by atoms with Crippen LogP contribution in [0.3, 0.4) is 0 Å². The van der Waals surface area contributed by atoms with Crippen LogP contribution in [0.4, 0.5) is 22.7 Å². The zero-order valence-electron chi connectivity index (χ0n) is 30.5. The molecule has 10 nitrogen and oxygen atoms in total. The third-order valence-corrected chi connectivity index (χ3v) is 8.93. The van der Waals surface area contributed by atoms with E-state index in [1.807, 2.05) is 52.0 Å². The van der Waals surface area contributed by atoms with Crippen LogP contribution in [0.2, 0.25) is 0 Å². The van der Waals surface area contributed by atoms with Crippen molar-refractivity contribution in [2.75, 3.05) is 10.6 Å². The quantitative estimate of drug-likeness (QED) is 0.0469. The number of aldehydes is 1. The van der Waals surface area contributed by atoms with E-state index in [4.69, 9.17) is 0 Å². The van der Waals surface area contributed by atoms with Crippen molar-refractivity contribution in [3.8, 4) is 11.5 Å². The zero-order chi connectivity index (χ0) is 38.2. The number of aliphatic hydroxyl groups excluding tert-OH is 1. The Labute approximate surface area is 308 Å². The van der Waals surface area contributed by atoms with Crippen LogP contribution < -0.4 is 10.6 Å². The van der Waals surface area contributed by atoms with Gasteiger partial charge in [0.1, 0.15) is 11.5 Å². The number of Topliss-reactive ketones (excluding diaryl/α,β-unsaturated/α-hetero) is 2. The minimum Gasteiger partial charge on any atom is -0.508 e.